The van der Waals surface area contributed by atoms with E-state index in [4.69, 9.17) is 5.73 Å². The van der Waals surface area contributed by atoms with Crippen LogP contribution in [0.3, 0.4) is 0 Å². The Morgan fingerprint density at radius 2 is 1.83 bits per heavy atom. The van der Waals surface area contributed by atoms with Crippen molar-refractivity contribution in [2.24, 2.45) is 11.7 Å². The van der Waals surface area contributed by atoms with Gasteiger partial charge in [0, 0.05) is 11.7 Å². The lowest BCUT2D eigenvalue weighted by atomic mass is 9.84. The standard InChI is InChI=1S/C16H26N2/c1-12(2)13-7-9-15(10-8-13)18-16-6-4-3-5-14(16)11-17/h7-10,12,14,16,18H,3-6,11,17H2,1-2H3. The number of anilines is 1. The maximum absolute atomic E-state index is 5.87. The van der Waals surface area contributed by atoms with Gasteiger partial charge in [0.25, 0.3) is 0 Å². The Morgan fingerprint density at radius 3 is 2.44 bits per heavy atom. The second kappa shape index (κ2) is 6.24. The number of nitrogens with one attached hydrogen (secondary N) is 1. The predicted molar refractivity (Wildman–Crippen MR) is 79.0 cm³/mol. The summed E-state index contributed by atoms with van der Waals surface area (Å²) in [5.74, 6) is 1.24. The molecule has 1 saturated carbocycles. The third-order valence-corrected chi connectivity index (χ3v) is 4.14. The first-order chi connectivity index (χ1) is 8.70. The molecule has 3 N–H and O–H groups in total. The molecule has 0 heterocycles. The molecule has 1 aliphatic carbocycles. The van der Waals surface area contributed by atoms with E-state index < -0.39 is 0 Å². The monoisotopic (exact) mass is 246 g/mol. The van der Waals surface area contributed by atoms with Crippen molar-refractivity contribution in [3.63, 3.8) is 0 Å². The first-order valence-electron chi connectivity index (χ1n) is 7.27. The Balaban J connectivity index is 1.99. The van der Waals surface area contributed by atoms with E-state index in [0.29, 0.717) is 17.9 Å². The Hall–Kier alpha value is -1.02. The molecular formula is C16H26N2. The largest absolute Gasteiger partial charge is 0.382 e. The van der Waals surface area contributed by atoms with Crippen molar-refractivity contribution < 1.29 is 0 Å². The molecule has 0 saturated heterocycles. The SMILES string of the molecule is CC(C)c1ccc(NC2CCCCC2CN)cc1. The average molecular weight is 246 g/mol. The zero-order valence-corrected chi connectivity index (χ0v) is 11.7. The second-order valence-electron chi connectivity index (χ2n) is 5.81. The van der Waals surface area contributed by atoms with Gasteiger partial charge in [0.15, 0.2) is 0 Å². The van der Waals surface area contributed by atoms with Crippen LogP contribution in [0.4, 0.5) is 5.69 Å². The molecule has 2 atom stereocenters. The highest BCUT2D eigenvalue weighted by Gasteiger charge is 2.23. The van der Waals surface area contributed by atoms with E-state index in [-0.39, 0.29) is 0 Å². The number of benzene rings is 1. The average Bonchev–Trinajstić information content (AvgIpc) is 2.40. The summed E-state index contributed by atoms with van der Waals surface area (Å²) in [5, 5.41) is 3.67. The molecule has 100 valence electrons. The topological polar surface area (TPSA) is 38.0 Å². The summed E-state index contributed by atoms with van der Waals surface area (Å²) in [7, 11) is 0. The molecule has 2 nitrogen and oxygen atoms in total. The molecule has 0 aliphatic heterocycles. The Morgan fingerprint density at radius 1 is 1.17 bits per heavy atom. The van der Waals surface area contributed by atoms with Gasteiger partial charge in [0.05, 0.1) is 0 Å². The number of rotatable bonds is 4. The van der Waals surface area contributed by atoms with Crippen molar-refractivity contribution in [2.45, 2.75) is 51.5 Å². The zero-order chi connectivity index (χ0) is 13.0. The van der Waals surface area contributed by atoms with Crippen LogP contribution in [0.25, 0.3) is 0 Å². The minimum atomic E-state index is 0.564. The molecule has 0 amide bonds. The molecular weight excluding hydrogens is 220 g/mol. The molecule has 1 aromatic rings. The molecule has 1 aromatic carbocycles. The van der Waals surface area contributed by atoms with Crippen LogP contribution in [0, 0.1) is 5.92 Å². The van der Waals surface area contributed by atoms with Gasteiger partial charge in [0.2, 0.25) is 0 Å². The molecule has 0 aromatic heterocycles. The van der Waals surface area contributed by atoms with E-state index in [0.717, 1.165) is 6.54 Å². The van der Waals surface area contributed by atoms with Crippen molar-refractivity contribution >= 4 is 5.69 Å². The van der Waals surface area contributed by atoms with E-state index in [1.54, 1.807) is 0 Å². The van der Waals surface area contributed by atoms with Crippen molar-refractivity contribution in [2.75, 3.05) is 11.9 Å². The third kappa shape index (κ3) is 3.26. The molecule has 2 unspecified atom stereocenters. The first kappa shape index (κ1) is 13.4. The lowest BCUT2D eigenvalue weighted by molar-refractivity contribution is 0.332. The van der Waals surface area contributed by atoms with Gasteiger partial charge in [-0.1, -0.05) is 38.8 Å². The molecule has 2 rings (SSSR count). The first-order valence-corrected chi connectivity index (χ1v) is 7.27. The van der Waals surface area contributed by atoms with Gasteiger partial charge in [-0.25, -0.2) is 0 Å². The summed E-state index contributed by atoms with van der Waals surface area (Å²) in [6.45, 7) is 5.27. The predicted octanol–water partition coefficient (Wildman–Crippen LogP) is 3.74. The van der Waals surface area contributed by atoms with Crippen LogP contribution < -0.4 is 11.1 Å². The highest BCUT2D eigenvalue weighted by atomic mass is 14.9. The molecule has 1 aliphatic rings. The van der Waals surface area contributed by atoms with Gasteiger partial charge in [-0.3, -0.25) is 0 Å². The van der Waals surface area contributed by atoms with Gasteiger partial charge < -0.3 is 11.1 Å². The Bertz CT molecular complexity index is 356. The van der Waals surface area contributed by atoms with Crippen molar-refractivity contribution in [1.82, 2.24) is 0 Å². The van der Waals surface area contributed by atoms with Gasteiger partial charge in [0.1, 0.15) is 0 Å². The van der Waals surface area contributed by atoms with E-state index >= 15 is 0 Å². The van der Waals surface area contributed by atoms with Gasteiger partial charge in [-0.15, -0.1) is 0 Å². The van der Waals surface area contributed by atoms with Crippen LogP contribution in [0.2, 0.25) is 0 Å². The minimum Gasteiger partial charge on any atom is -0.382 e. The Labute approximate surface area is 111 Å². The van der Waals surface area contributed by atoms with Crippen LogP contribution in [-0.2, 0) is 0 Å². The molecule has 0 radical (unpaired) electrons. The number of nitrogens with two attached hydrogens (primary N) is 1. The molecule has 0 bridgehead atoms. The minimum absolute atomic E-state index is 0.564. The van der Waals surface area contributed by atoms with Crippen molar-refractivity contribution in [3.05, 3.63) is 29.8 Å². The van der Waals surface area contributed by atoms with E-state index in [9.17, 15) is 0 Å². The quantitative estimate of drug-likeness (QED) is 0.849. The normalized spacial score (nSPS) is 24.2. The van der Waals surface area contributed by atoms with Crippen LogP contribution in [0.15, 0.2) is 24.3 Å². The van der Waals surface area contributed by atoms with Crippen LogP contribution in [0.1, 0.15) is 51.0 Å². The molecule has 2 heteroatoms. The lowest BCUT2D eigenvalue weighted by Crippen LogP contribution is -2.36. The molecule has 1 fully saturated rings. The summed E-state index contributed by atoms with van der Waals surface area (Å²) in [4.78, 5) is 0. The van der Waals surface area contributed by atoms with Gasteiger partial charge in [-0.2, -0.15) is 0 Å². The molecule has 18 heavy (non-hydrogen) atoms. The second-order valence-corrected chi connectivity index (χ2v) is 5.81. The summed E-state index contributed by atoms with van der Waals surface area (Å²) in [6, 6.07) is 9.43. The van der Waals surface area contributed by atoms with Crippen molar-refractivity contribution in [1.29, 1.82) is 0 Å². The summed E-state index contributed by atoms with van der Waals surface area (Å²) < 4.78 is 0. The van der Waals surface area contributed by atoms with Crippen LogP contribution in [0.5, 0.6) is 0 Å². The van der Waals surface area contributed by atoms with E-state index in [2.05, 4.69) is 43.4 Å². The van der Waals surface area contributed by atoms with E-state index in [1.807, 2.05) is 0 Å². The highest BCUT2D eigenvalue weighted by molar-refractivity contribution is 5.46. The molecule has 0 spiro atoms. The van der Waals surface area contributed by atoms with Crippen molar-refractivity contribution in [3.8, 4) is 0 Å². The number of hydrogen-bond acceptors (Lipinski definition) is 2. The fraction of sp³-hybridized carbons (Fsp3) is 0.625. The number of hydrogen-bond donors (Lipinski definition) is 2. The third-order valence-electron chi connectivity index (χ3n) is 4.14. The lowest BCUT2D eigenvalue weighted by Gasteiger charge is -2.32. The van der Waals surface area contributed by atoms with Crippen LogP contribution in [-0.4, -0.2) is 12.6 Å². The fourth-order valence-corrected chi connectivity index (χ4v) is 2.86. The van der Waals surface area contributed by atoms with Gasteiger partial charge in [-0.05, 0) is 48.9 Å². The summed E-state index contributed by atoms with van der Waals surface area (Å²) >= 11 is 0. The maximum atomic E-state index is 5.87. The Kier molecular flexibility index (Phi) is 4.65. The fourth-order valence-electron chi connectivity index (χ4n) is 2.86. The summed E-state index contributed by atoms with van der Waals surface area (Å²) in [5.41, 5.74) is 8.51. The zero-order valence-electron chi connectivity index (χ0n) is 11.7. The smallest absolute Gasteiger partial charge is 0.0342 e. The van der Waals surface area contributed by atoms with Crippen LogP contribution >= 0.6 is 0 Å². The highest BCUT2D eigenvalue weighted by Crippen LogP contribution is 2.27. The van der Waals surface area contributed by atoms with Gasteiger partial charge >= 0.3 is 0 Å². The maximum Gasteiger partial charge on any atom is 0.0342 e. The van der Waals surface area contributed by atoms with E-state index in [1.165, 1.54) is 36.9 Å². The summed E-state index contributed by atoms with van der Waals surface area (Å²) in [6.07, 6.45) is 5.20.